The Morgan fingerprint density at radius 1 is 1.09 bits per heavy atom. The van der Waals surface area contributed by atoms with E-state index in [1.54, 1.807) is 19.1 Å². The van der Waals surface area contributed by atoms with Crippen molar-refractivity contribution < 1.29 is 23.5 Å². The lowest BCUT2D eigenvalue weighted by molar-refractivity contribution is -0.128. The minimum absolute atomic E-state index is 0.125. The predicted octanol–water partition coefficient (Wildman–Crippen LogP) is 3.62. The second-order valence-corrected chi connectivity index (χ2v) is 4.52. The molecule has 4 nitrogen and oxygen atoms in total. The van der Waals surface area contributed by atoms with Crippen molar-refractivity contribution in [1.29, 1.82) is 0 Å². The minimum atomic E-state index is -0.647. The summed E-state index contributed by atoms with van der Waals surface area (Å²) < 4.78 is 22.9. The monoisotopic (exact) mass is 314 g/mol. The minimum Gasteiger partial charge on any atom is -0.462 e. The van der Waals surface area contributed by atoms with Gasteiger partial charge in [0.15, 0.2) is 0 Å². The lowest BCUT2D eigenvalue weighted by Crippen LogP contribution is -2.10. The van der Waals surface area contributed by atoms with Gasteiger partial charge in [-0.2, -0.15) is 0 Å². The maximum absolute atomic E-state index is 12.8. The van der Waals surface area contributed by atoms with E-state index in [9.17, 15) is 14.0 Å². The van der Waals surface area contributed by atoms with Crippen LogP contribution >= 0.6 is 0 Å². The van der Waals surface area contributed by atoms with Gasteiger partial charge in [-0.1, -0.05) is 24.3 Å². The molecular weight excluding hydrogens is 299 g/mol. The Labute approximate surface area is 133 Å². The van der Waals surface area contributed by atoms with E-state index in [1.165, 1.54) is 48.6 Å². The molecule has 23 heavy (non-hydrogen) atoms. The SMILES string of the molecule is CCOC(=O)c1ccccc1OC(=O)/C=C/c1ccc(F)cc1. The average molecular weight is 314 g/mol. The van der Waals surface area contributed by atoms with Crippen molar-refractivity contribution in [1.82, 2.24) is 0 Å². The van der Waals surface area contributed by atoms with Gasteiger partial charge in [0.1, 0.15) is 17.1 Å². The molecule has 0 aliphatic heterocycles. The third-order valence-corrected chi connectivity index (χ3v) is 2.87. The van der Waals surface area contributed by atoms with Gasteiger partial charge >= 0.3 is 11.9 Å². The number of ether oxygens (including phenoxy) is 2. The quantitative estimate of drug-likeness (QED) is 0.480. The van der Waals surface area contributed by atoms with Gasteiger partial charge in [-0.3, -0.25) is 0 Å². The molecule has 0 spiro atoms. The molecule has 5 heteroatoms. The zero-order chi connectivity index (χ0) is 16.7. The fourth-order valence-electron chi connectivity index (χ4n) is 1.81. The second-order valence-electron chi connectivity index (χ2n) is 4.52. The van der Waals surface area contributed by atoms with Gasteiger partial charge < -0.3 is 9.47 Å². The smallest absolute Gasteiger partial charge is 0.341 e. The van der Waals surface area contributed by atoms with Crippen molar-refractivity contribution in [2.24, 2.45) is 0 Å². The van der Waals surface area contributed by atoms with Gasteiger partial charge in [0.05, 0.1) is 6.61 Å². The van der Waals surface area contributed by atoms with Crippen molar-refractivity contribution in [3.8, 4) is 5.75 Å². The molecule has 0 fully saturated rings. The highest BCUT2D eigenvalue weighted by Gasteiger charge is 2.14. The lowest BCUT2D eigenvalue weighted by Gasteiger charge is -2.07. The zero-order valence-corrected chi connectivity index (χ0v) is 12.5. The molecular formula is C18H15FO4. The number of rotatable bonds is 5. The molecule has 0 heterocycles. The summed E-state index contributed by atoms with van der Waals surface area (Å²) in [5, 5.41) is 0. The number of esters is 2. The molecule has 0 N–H and O–H groups in total. The second kappa shape index (κ2) is 7.89. The van der Waals surface area contributed by atoms with E-state index >= 15 is 0 Å². The number of carbonyl (C=O) groups is 2. The topological polar surface area (TPSA) is 52.6 Å². The van der Waals surface area contributed by atoms with E-state index in [-0.39, 0.29) is 23.7 Å². The molecule has 0 aliphatic rings. The normalized spacial score (nSPS) is 10.5. The average Bonchev–Trinajstić information content (AvgIpc) is 2.55. The molecule has 0 bridgehead atoms. The van der Waals surface area contributed by atoms with Crippen molar-refractivity contribution in [3.05, 3.63) is 71.6 Å². The number of carbonyl (C=O) groups excluding carboxylic acids is 2. The highest BCUT2D eigenvalue weighted by atomic mass is 19.1. The van der Waals surface area contributed by atoms with Crippen molar-refractivity contribution >= 4 is 18.0 Å². The van der Waals surface area contributed by atoms with Crippen LogP contribution in [0.2, 0.25) is 0 Å². The van der Waals surface area contributed by atoms with Crippen molar-refractivity contribution in [2.75, 3.05) is 6.61 Å². The zero-order valence-electron chi connectivity index (χ0n) is 12.5. The largest absolute Gasteiger partial charge is 0.462 e. The third kappa shape index (κ3) is 4.78. The van der Waals surface area contributed by atoms with E-state index in [1.807, 2.05) is 0 Å². The summed E-state index contributed by atoms with van der Waals surface area (Å²) in [5.41, 5.74) is 0.833. The van der Waals surface area contributed by atoms with Gasteiger partial charge in [0.25, 0.3) is 0 Å². The van der Waals surface area contributed by atoms with Crippen molar-refractivity contribution in [2.45, 2.75) is 6.92 Å². The summed E-state index contributed by atoms with van der Waals surface area (Å²) in [6, 6.07) is 12.0. The molecule has 0 aliphatic carbocycles. The van der Waals surface area contributed by atoms with E-state index in [0.29, 0.717) is 5.56 Å². The summed E-state index contributed by atoms with van der Waals surface area (Å²) in [6.45, 7) is 1.92. The third-order valence-electron chi connectivity index (χ3n) is 2.87. The standard InChI is InChI=1S/C18H15FO4/c1-2-22-18(21)15-5-3-4-6-16(15)23-17(20)12-9-13-7-10-14(19)11-8-13/h3-12H,2H2,1H3/b12-9+. The number of hydrogen-bond acceptors (Lipinski definition) is 4. The Balaban J connectivity index is 2.08. The molecule has 0 amide bonds. The maximum atomic E-state index is 12.8. The molecule has 2 rings (SSSR count). The Morgan fingerprint density at radius 3 is 2.48 bits per heavy atom. The van der Waals surface area contributed by atoms with Gasteiger partial charge in [0, 0.05) is 6.08 Å². The summed E-state index contributed by atoms with van der Waals surface area (Å²) in [5.74, 6) is -1.43. The molecule has 0 radical (unpaired) electrons. The summed E-state index contributed by atoms with van der Waals surface area (Å²) >= 11 is 0. The summed E-state index contributed by atoms with van der Waals surface area (Å²) in [7, 11) is 0. The van der Waals surface area contributed by atoms with Crippen molar-refractivity contribution in [3.63, 3.8) is 0 Å². The first-order chi connectivity index (χ1) is 11.1. The number of para-hydroxylation sites is 1. The van der Waals surface area contributed by atoms with Crippen LogP contribution in [0.1, 0.15) is 22.8 Å². The fourth-order valence-corrected chi connectivity index (χ4v) is 1.81. The summed E-state index contributed by atoms with van der Waals surface area (Å²) in [6.07, 6.45) is 2.70. The van der Waals surface area contributed by atoms with E-state index in [0.717, 1.165) is 0 Å². The first-order valence-corrected chi connectivity index (χ1v) is 7.01. The van der Waals surface area contributed by atoms with Crippen LogP contribution in [-0.2, 0) is 9.53 Å². The number of benzene rings is 2. The highest BCUT2D eigenvalue weighted by Crippen LogP contribution is 2.19. The van der Waals surface area contributed by atoms with Crippen LogP contribution in [0.5, 0.6) is 5.75 Å². The Morgan fingerprint density at radius 2 is 1.78 bits per heavy atom. The molecule has 0 atom stereocenters. The fraction of sp³-hybridized carbons (Fsp3) is 0.111. The van der Waals surface area contributed by atoms with Crippen LogP contribution in [0.4, 0.5) is 4.39 Å². The number of hydrogen-bond donors (Lipinski definition) is 0. The first kappa shape index (κ1) is 16.4. The van der Waals surface area contributed by atoms with Crippen LogP contribution in [0.25, 0.3) is 6.08 Å². The Kier molecular flexibility index (Phi) is 5.63. The van der Waals surface area contributed by atoms with Crippen LogP contribution in [-0.4, -0.2) is 18.5 Å². The van der Waals surface area contributed by atoms with E-state index in [4.69, 9.17) is 9.47 Å². The molecule has 0 unspecified atom stereocenters. The molecule has 0 saturated heterocycles. The molecule has 2 aromatic carbocycles. The predicted molar refractivity (Wildman–Crippen MR) is 83.5 cm³/mol. The van der Waals surface area contributed by atoms with E-state index < -0.39 is 11.9 Å². The first-order valence-electron chi connectivity index (χ1n) is 7.01. The molecule has 2 aromatic rings. The van der Waals surface area contributed by atoms with Crippen LogP contribution in [0, 0.1) is 5.82 Å². The Hall–Kier alpha value is -2.95. The van der Waals surface area contributed by atoms with E-state index in [2.05, 4.69) is 0 Å². The van der Waals surface area contributed by atoms with Crippen LogP contribution < -0.4 is 4.74 Å². The van der Waals surface area contributed by atoms with Gasteiger partial charge in [-0.15, -0.1) is 0 Å². The van der Waals surface area contributed by atoms with Crippen LogP contribution in [0.3, 0.4) is 0 Å². The van der Waals surface area contributed by atoms with Gasteiger partial charge in [-0.25, -0.2) is 14.0 Å². The molecule has 118 valence electrons. The van der Waals surface area contributed by atoms with Gasteiger partial charge in [-0.05, 0) is 42.8 Å². The van der Waals surface area contributed by atoms with Gasteiger partial charge in [0.2, 0.25) is 0 Å². The Bertz CT molecular complexity index is 720. The highest BCUT2D eigenvalue weighted by molar-refractivity contribution is 5.95. The molecule has 0 saturated carbocycles. The summed E-state index contributed by atoms with van der Waals surface area (Å²) in [4.78, 5) is 23.6. The molecule has 0 aromatic heterocycles. The lowest BCUT2D eigenvalue weighted by atomic mass is 10.2. The maximum Gasteiger partial charge on any atom is 0.341 e. The van der Waals surface area contributed by atoms with Crippen LogP contribution in [0.15, 0.2) is 54.6 Å². The number of halogens is 1.